The number of rotatable bonds is 4. The van der Waals surface area contributed by atoms with Gasteiger partial charge in [-0.05, 0) is 30.2 Å². The number of nitrogens with two attached hydrogens (primary N) is 1. The molecule has 2 heterocycles. The molecule has 2 N–H and O–H groups in total. The third-order valence-electron chi connectivity index (χ3n) is 4.12. The monoisotopic (exact) mass is 370 g/mol. The minimum absolute atomic E-state index is 0. The second-order valence-electron chi connectivity index (χ2n) is 6.21. The Bertz CT molecular complexity index is 874. The number of Topliss-reactive ketones (excluding diaryl/α,β-unsaturated/α-hetero) is 1. The first-order valence-electron chi connectivity index (χ1n) is 7.91. The molecule has 0 radical (unpaired) electrons. The number of nitriles is 1. The Labute approximate surface area is 158 Å². The maximum absolute atomic E-state index is 12.4. The molecule has 0 aliphatic carbocycles. The van der Waals surface area contributed by atoms with E-state index in [1.165, 1.54) is 6.20 Å². The number of nitrogens with zero attached hydrogens (tertiary/aromatic N) is 3. The molecule has 7 heteroatoms. The van der Waals surface area contributed by atoms with Crippen molar-refractivity contribution in [2.75, 3.05) is 13.2 Å². The summed E-state index contributed by atoms with van der Waals surface area (Å²) in [6.07, 6.45) is 1.63. The van der Waals surface area contributed by atoms with Crippen LogP contribution in [0.4, 0.5) is 0 Å². The van der Waals surface area contributed by atoms with Crippen molar-refractivity contribution in [2.24, 2.45) is 10.7 Å². The SMILES string of the molecule is CC1(c2cccc(CC(=O)c3ccc(C#N)cn3)c2)COCC(N)=N1.Cl. The molecule has 0 fully saturated rings. The predicted molar refractivity (Wildman–Crippen MR) is 100 cm³/mol. The number of halogens is 1. The Hall–Kier alpha value is -2.75. The van der Waals surface area contributed by atoms with Crippen molar-refractivity contribution >= 4 is 24.0 Å². The lowest BCUT2D eigenvalue weighted by atomic mass is 9.90. The van der Waals surface area contributed by atoms with E-state index in [1.807, 2.05) is 37.3 Å². The van der Waals surface area contributed by atoms with Gasteiger partial charge in [-0.15, -0.1) is 12.4 Å². The number of aromatic nitrogens is 1. The van der Waals surface area contributed by atoms with Gasteiger partial charge >= 0.3 is 0 Å². The number of carbonyl (C=O) groups is 1. The number of aliphatic imine (C=N–C) groups is 1. The molecule has 1 unspecified atom stereocenters. The molecule has 0 spiro atoms. The van der Waals surface area contributed by atoms with Crippen molar-refractivity contribution in [1.29, 1.82) is 5.26 Å². The highest BCUT2D eigenvalue weighted by molar-refractivity contribution is 5.95. The second-order valence-corrected chi connectivity index (χ2v) is 6.21. The molecule has 134 valence electrons. The first kappa shape index (κ1) is 19.6. The van der Waals surface area contributed by atoms with Crippen molar-refractivity contribution < 1.29 is 9.53 Å². The fourth-order valence-corrected chi connectivity index (χ4v) is 2.80. The maximum atomic E-state index is 12.4. The van der Waals surface area contributed by atoms with E-state index in [4.69, 9.17) is 15.7 Å². The van der Waals surface area contributed by atoms with Crippen molar-refractivity contribution in [1.82, 2.24) is 4.98 Å². The molecule has 1 aromatic carbocycles. The number of hydrogen-bond acceptors (Lipinski definition) is 6. The van der Waals surface area contributed by atoms with Crippen molar-refractivity contribution in [3.05, 3.63) is 65.0 Å². The number of carbonyl (C=O) groups excluding carboxylic acids is 1. The minimum atomic E-state index is -0.548. The lowest BCUT2D eigenvalue weighted by molar-refractivity contribution is 0.0987. The molecule has 1 aromatic heterocycles. The lowest BCUT2D eigenvalue weighted by Gasteiger charge is -2.30. The summed E-state index contributed by atoms with van der Waals surface area (Å²) in [7, 11) is 0. The Balaban J connectivity index is 0.00000243. The quantitative estimate of drug-likeness (QED) is 0.832. The van der Waals surface area contributed by atoms with Gasteiger partial charge in [-0.2, -0.15) is 5.26 Å². The summed E-state index contributed by atoms with van der Waals surface area (Å²) < 4.78 is 5.50. The smallest absolute Gasteiger partial charge is 0.185 e. The van der Waals surface area contributed by atoms with Gasteiger partial charge in [-0.25, -0.2) is 0 Å². The van der Waals surface area contributed by atoms with Crippen LogP contribution in [0.15, 0.2) is 47.6 Å². The summed E-state index contributed by atoms with van der Waals surface area (Å²) in [5.74, 6) is 0.367. The van der Waals surface area contributed by atoms with Crippen LogP contribution in [-0.4, -0.2) is 29.8 Å². The molecule has 26 heavy (non-hydrogen) atoms. The number of amidine groups is 1. The molecule has 3 rings (SSSR count). The molecular formula is C19H19ClN4O2. The van der Waals surface area contributed by atoms with Crippen LogP contribution in [-0.2, 0) is 16.7 Å². The van der Waals surface area contributed by atoms with Gasteiger partial charge in [0.2, 0.25) is 0 Å². The van der Waals surface area contributed by atoms with Crippen molar-refractivity contribution in [3.8, 4) is 6.07 Å². The van der Waals surface area contributed by atoms with Crippen LogP contribution < -0.4 is 5.73 Å². The average Bonchev–Trinajstić information content (AvgIpc) is 2.62. The summed E-state index contributed by atoms with van der Waals surface area (Å²) >= 11 is 0. The van der Waals surface area contributed by atoms with E-state index in [2.05, 4.69) is 9.98 Å². The van der Waals surface area contributed by atoms with Crippen LogP contribution in [0.25, 0.3) is 0 Å². The standard InChI is InChI=1S/C19H18N4O2.ClH/c1-19(12-25-11-18(21)23-19)15-4-2-3-13(7-15)8-17(24)16-6-5-14(9-20)10-22-16;/h2-7,10H,8,11-12H2,1H3,(H2,21,23);1H. The molecule has 6 nitrogen and oxygen atoms in total. The van der Waals surface area contributed by atoms with Gasteiger partial charge in [0.05, 0.1) is 12.2 Å². The van der Waals surface area contributed by atoms with Crippen LogP contribution >= 0.6 is 12.4 Å². The fourth-order valence-electron chi connectivity index (χ4n) is 2.80. The molecule has 0 saturated heterocycles. The topological polar surface area (TPSA) is 101 Å². The number of ether oxygens (including phenoxy) is 1. The van der Waals surface area contributed by atoms with Gasteiger partial charge < -0.3 is 10.5 Å². The fraction of sp³-hybridized carbons (Fsp3) is 0.263. The van der Waals surface area contributed by atoms with E-state index in [-0.39, 0.29) is 24.6 Å². The highest BCUT2D eigenvalue weighted by Crippen LogP contribution is 2.29. The van der Waals surface area contributed by atoms with Gasteiger partial charge in [-0.3, -0.25) is 14.8 Å². The molecule has 0 saturated carbocycles. The summed E-state index contributed by atoms with van der Waals surface area (Å²) in [6, 6.07) is 12.9. The third kappa shape index (κ3) is 4.26. The van der Waals surface area contributed by atoms with Gasteiger partial charge in [0.25, 0.3) is 0 Å². The number of benzene rings is 1. The minimum Gasteiger partial charge on any atom is -0.386 e. The Morgan fingerprint density at radius 1 is 1.38 bits per heavy atom. The molecule has 2 aromatic rings. The first-order valence-corrected chi connectivity index (χ1v) is 7.91. The lowest BCUT2D eigenvalue weighted by Crippen LogP contribution is -2.37. The number of ketones is 1. The van der Waals surface area contributed by atoms with E-state index >= 15 is 0 Å². The molecule has 1 aliphatic rings. The van der Waals surface area contributed by atoms with Crippen LogP contribution in [0.1, 0.15) is 34.1 Å². The Kier molecular flexibility index (Phi) is 6.09. The molecule has 1 aliphatic heterocycles. The first-order chi connectivity index (χ1) is 12.0. The van der Waals surface area contributed by atoms with Gasteiger partial charge in [0, 0.05) is 12.6 Å². The number of hydrogen-bond donors (Lipinski definition) is 1. The average molecular weight is 371 g/mol. The molecule has 0 bridgehead atoms. The predicted octanol–water partition coefficient (Wildman–Crippen LogP) is 2.40. The van der Waals surface area contributed by atoms with Crippen LogP contribution in [0, 0.1) is 11.3 Å². The van der Waals surface area contributed by atoms with Crippen LogP contribution in [0.2, 0.25) is 0 Å². The highest BCUT2D eigenvalue weighted by atomic mass is 35.5. The summed E-state index contributed by atoms with van der Waals surface area (Å²) in [5.41, 5.74) is 7.86. The molecular weight excluding hydrogens is 352 g/mol. The van der Waals surface area contributed by atoms with Crippen LogP contribution in [0.5, 0.6) is 0 Å². The zero-order valence-electron chi connectivity index (χ0n) is 14.3. The maximum Gasteiger partial charge on any atom is 0.185 e. The zero-order chi connectivity index (χ0) is 17.9. The normalized spacial score (nSPS) is 19.0. The summed E-state index contributed by atoms with van der Waals surface area (Å²) in [5, 5.41) is 8.79. The molecule has 0 amide bonds. The third-order valence-corrected chi connectivity index (χ3v) is 4.12. The Morgan fingerprint density at radius 2 is 2.19 bits per heavy atom. The molecule has 1 atom stereocenters. The van der Waals surface area contributed by atoms with Gasteiger partial charge in [0.15, 0.2) is 5.78 Å². The highest BCUT2D eigenvalue weighted by Gasteiger charge is 2.30. The van der Waals surface area contributed by atoms with Crippen LogP contribution in [0.3, 0.4) is 0 Å². The van der Waals surface area contributed by atoms with E-state index < -0.39 is 5.54 Å². The second kappa shape index (κ2) is 8.09. The van der Waals surface area contributed by atoms with E-state index in [9.17, 15) is 4.79 Å². The van der Waals surface area contributed by atoms with Gasteiger partial charge in [0.1, 0.15) is 29.7 Å². The van der Waals surface area contributed by atoms with Crippen molar-refractivity contribution in [3.63, 3.8) is 0 Å². The van der Waals surface area contributed by atoms with E-state index in [1.54, 1.807) is 12.1 Å². The summed E-state index contributed by atoms with van der Waals surface area (Å²) in [4.78, 5) is 21.0. The van der Waals surface area contributed by atoms with Gasteiger partial charge in [-0.1, -0.05) is 24.3 Å². The van der Waals surface area contributed by atoms with E-state index in [0.717, 1.165) is 11.1 Å². The number of pyridine rings is 1. The summed E-state index contributed by atoms with van der Waals surface area (Å²) in [6.45, 7) is 2.75. The van der Waals surface area contributed by atoms with Crippen molar-refractivity contribution in [2.45, 2.75) is 18.9 Å². The van der Waals surface area contributed by atoms with E-state index in [0.29, 0.717) is 30.3 Å². The zero-order valence-corrected chi connectivity index (χ0v) is 15.1. The Morgan fingerprint density at radius 3 is 2.85 bits per heavy atom. The largest absolute Gasteiger partial charge is 0.386 e.